The Bertz CT molecular complexity index is 1140. The second kappa shape index (κ2) is 9.34. The molecule has 31 heavy (non-hydrogen) atoms. The zero-order valence-electron chi connectivity index (χ0n) is 16.6. The van der Waals surface area contributed by atoms with E-state index in [1.165, 1.54) is 18.5 Å². The summed E-state index contributed by atoms with van der Waals surface area (Å²) in [6, 6.07) is 6.79. The Morgan fingerprint density at radius 3 is 2.68 bits per heavy atom. The number of carbonyl (C=O) groups excluding carboxylic acids is 2. The molecule has 0 radical (unpaired) electrons. The molecular weight excluding hydrogens is 430 g/mol. The molecule has 0 bridgehead atoms. The van der Waals surface area contributed by atoms with Crippen LogP contribution in [0.2, 0.25) is 5.02 Å². The van der Waals surface area contributed by atoms with Gasteiger partial charge in [0.1, 0.15) is 17.9 Å². The van der Waals surface area contributed by atoms with Crippen LogP contribution < -0.4 is 10.6 Å². The lowest BCUT2D eigenvalue weighted by atomic mass is 10.2. The Hall–Kier alpha value is -3.80. The minimum absolute atomic E-state index is 0.108. The fourth-order valence-corrected chi connectivity index (χ4v) is 3.00. The number of rotatable bonds is 8. The summed E-state index contributed by atoms with van der Waals surface area (Å²) in [6.07, 6.45) is 0. The Balaban J connectivity index is 1.47. The SMILES string of the molecule is Cc1nn(CC(=O)NCCNC(=O)c2nc(-c3cccc(Cl)c3)no2)c(C)c1[N+](=O)[O-]. The largest absolute Gasteiger partial charge is 0.353 e. The average molecular weight is 448 g/mol. The third kappa shape index (κ3) is 5.22. The highest BCUT2D eigenvalue weighted by Crippen LogP contribution is 2.21. The lowest BCUT2D eigenvalue weighted by Crippen LogP contribution is -2.36. The van der Waals surface area contributed by atoms with Crippen molar-refractivity contribution in [3.8, 4) is 11.4 Å². The molecule has 0 unspecified atom stereocenters. The number of benzene rings is 1. The van der Waals surface area contributed by atoms with Crippen LogP contribution in [0, 0.1) is 24.0 Å². The first-order valence-electron chi connectivity index (χ1n) is 9.09. The lowest BCUT2D eigenvalue weighted by Gasteiger charge is -2.06. The second-order valence-corrected chi connectivity index (χ2v) is 6.91. The van der Waals surface area contributed by atoms with Crippen LogP contribution in [0.5, 0.6) is 0 Å². The summed E-state index contributed by atoms with van der Waals surface area (Å²) in [5.74, 6) is -1.00. The molecule has 0 aliphatic rings. The number of nitrogens with zero attached hydrogens (tertiary/aromatic N) is 5. The number of hydrogen-bond donors (Lipinski definition) is 2. The van der Waals surface area contributed by atoms with E-state index in [0.29, 0.717) is 10.6 Å². The van der Waals surface area contributed by atoms with Gasteiger partial charge in [0.2, 0.25) is 11.7 Å². The summed E-state index contributed by atoms with van der Waals surface area (Å²) in [6.45, 7) is 3.08. The van der Waals surface area contributed by atoms with Crippen LogP contribution >= 0.6 is 11.6 Å². The Morgan fingerprint density at radius 1 is 1.26 bits per heavy atom. The van der Waals surface area contributed by atoms with Gasteiger partial charge in [-0.15, -0.1) is 0 Å². The molecule has 3 aromatic rings. The number of halogens is 1. The summed E-state index contributed by atoms with van der Waals surface area (Å²) in [7, 11) is 0. The van der Waals surface area contributed by atoms with Crippen LogP contribution in [0.25, 0.3) is 11.4 Å². The Morgan fingerprint density at radius 2 is 2.00 bits per heavy atom. The smallest absolute Gasteiger partial charge is 0.316 e. The molecule has 13 heteroatoms. The van der Waals surface area contributed by atoms with E-state index in [4.69, 9.17) is 16.1 Å². The summed E-state index contributed by atoms with van der Waals surface area (Å²) in [4.78, 5) is 38.7. The van der Waals surface area contributed by atoms with Crippen molar-refractivity contribution in [1.82, 2.24) is 30.6 Å². The third-order valence-corrected chi connectivity index (χ3v) is 4.49. The fourth-order valence-electron chi connectivity index (χ4n) is 2.81. The van der Waals surface area contributed by atoms with Gasteiger partial charge in [-0.1, -0.05) is 28.9 Å². The highest BCUT2D eigenvalue weighted by molar-refractivity contribution is 6.30. The van der Waals surface area contributed by atoms with Gasteiger partial charge in [-0.2, -0.15) is 10.1 Å². The predicted molar refractivity (Wildman–Crippen MR) is 108 cm³/mol. The van der Waals surface area contributed by atoms with Crippen molar-refractivity contribution in [2.24, 2.45) is 0 Å². The molecule has 3 rings (SSSR count). The highest BCUT2D eigenvalue weighted by Gasteiger charge is 2.22. The van der Waals surface area contributed by atoms with E-state index < -0.39 is 16.7 Å². The molecule has 1 aromatic carbocycles. The molecule has 0 saturated heterocycles. The van der Waals surface area contributed by atoms with Crippen molar-refractivity contribution in [2.45, 2.75) is 20.4 Å². The number of carbonyl (C=O) groups is 2. The number of hydrogen-bond acceptors (Lipinski definition) is 8. The average Bonchev–Trinajstić information content (AvgIpc) is 3.30. The van der Waals surface area contributed by atoms with Crippen LogP contribution in [-0.2, 0) is 11.3 Å². The molecule has 2 N–H and O–H groups in total. The molecule has 2 heterocycles. The van der Waals surface area contributed by atoms with E-state index >= 15 is 0 Å². The molecule has 2 amide bonds. The molecule has 12 nitrogen and oxygen atoms in total. The number of aryl methyl sites for hydroxylation is 1. The standard InChI is InChI=1S/C18H18ClN7O5/c1-10-15(26(29)30)11(2)25(23-10)9-14(27)20-6-7-21-17(28)18-22-16(24-31-18)12-4-3-5-13(19)8-12/h3-5,8H,6-7,9H2,1-2H3,(H,20,27)(H,21,28). The molecule has 162 valence electrons. The first-order chi connectivity index (χ1) is 14.8. The van der Waals surface area contributed by atoms with E-state index in [1.807, 2.05) is 0 Å². The van der Waals surface area contributed by atoms with E-state index in [0.717, 1.165) is 0 Å². The van der Waals surface area contributed by atoms with Gasteiger partial charge >= 0.3 is 17.5 Å². The highest BCUT2D eigenvalue weighted by atomic mass is 35.5. The minimum atomic E-state index is -0.593. The van der Waals surface area contributed by atoms with E-state index in [9.17, 15) is 19.7 Å². The van der Waals surface area contributed by atoms with Crippen molar-refractivity contribution < 1.29 is 19.0 Å². The molecule has 2 aromatic heterocycles. The number of nitro groups is 1. The number of nitrogens with one attached hydrogen (secondary N) is 2. The lowest BCUT2D eigenvalue weighted by molar-refractivity contribution is -0.386. The van der Waals surface area contributed by atoms with E-state index in [2.05, 4.69) is 25.9 Å². The first kappa shape index (κ1) is 21.9. The summed E-state index contributed by atoms with van der Waals surface area (Å²) >= 11 is 5.92. The van der Waals surface area contributed by atoms with Crippen molar-refractivity contribution in [3.05, 3.63) is 56.7 Å². The van der Waals surface area contributed by atoms with Crippen LogP contribution in [-0.4, -0.2) is 49.7 Å². The maximum Gasteiger partial charge on any atom is 0.316 e. The van der Waals surface area contributed by atoms with Crippen molar-refractivity contribution >= 4 is 29.1 Å². The summed E-state index contributed by atoms with van der Waals surface area (Å²) in [5, 5.41) is 24.4. The molecule has 0 atom stereocenters. The van der Waals surface area contributed by atoms with Gasteiger partial charge in [-0.25, -0.2) is 0 Å². The predicted octanol–water partition coefficient (Wildman–Crippen LogP) is 1.66. The summed E-state index contributed by atoms with van der Waals surface area (Å²) in [5.41, 5.74) is 1.01. The molecular formula is C18H18ClN7O5. The van der Waals surface area contributed by atoms with Gasteiger partial charge in [-0.05, 0) is 26.0 Å². The molecule has 0 spiro atoms. The first-order valence-corrected chi connectivity index (χ1v) is 9.47. The normalized spacial score (nSPS) is 10.7. The van der Waals surface area contributed by atoms with E-state index in [1.54, 1.807) is 24.3 Å². The second-order valence-electron chi connectivity index (χ2n) is 6.47. The van der Waals surface area contributed by atoms with E-state index in [-0.39, 0.29) is 48.4 Å². The zero-order valence-corrected chi connectivity index (χ0v) is 17.3. The van der Waals surface area contributed by atoms with Crippen LogP contribution in [0.15, 0.2) is 28.8 Å². The van der Waals surface area contributed by atoms with Gasteiger partial charge in [0, 0.05) is 23.7 Å². The Labute approximate surface area is 180 Å². The number of amides is 2. The van der Waals surface area contributed by atoms with Crippen molar-refractivity contribution in [1.29, 1.82) is 0 Å². The van der Waals surface area contributed by atoms with Crippen LogP contribution in [0.1, 0.15) is 22.1 Å². The molecule has 0 aliphatic heterocycles. The zero-order chi connectivity index (χ0) is 22.5. The maximum absolute atomic E-state index is 12.1. The fraction of sp³-hybridized carbons (Fsp3) is 0.278. The minimum Gasteiger partial charge on any atom is -0.353 e. The molecule has 0 aliphatic carbocycles. The number of aromatic nitrogens is 4. The third-order valence-electron chi connectivity index (χ3n) is 4.26. The quantitative estimate of drug-likeness (QED) is 0.299. The van der Waals surface area contributed by atoms with Crippen LogP contribution in [0.4, 0.5) is 5.69 Å². The van der Waals surface area contributed by atoms with Gasteiger partial charge in [0.05, 0.1) is 4.92 Å². The van der Waals surface area contributed by atoms with Crippen molar-refractivity contribution in [2.75, 3.05) is 13.1 Å². The van der Waals surface area contributed by atoms with Gasteiger partial charge in [-0.3, -0.25) is 24.4 Å². The molecule has 0 saturated carbocycles. The van der Waals surface area contributed by atoms with Crippen molar-refractivity contribution in [3.63, 3.8) is 0 Å². The van der Waals surface area contributed by atoms with Gasteiger partial charge in [0.25, 0.3) is 0 Å². The van der Waals surface area contributed by atoms with Crippen LogP contribution in [0.3, 0.4) is 0 Å². The topological polar surface area (TPSA) is 158 Å². The van der Waals surface area contributed by atoms with Gasteiger partial charge < -0.3 is 15.2 Å². The monoisotopic (exact) mass is 447 g/mol. The Kier molecular flexibility index (Phi) is 6.60. The maximum atomic E-state index is 12.1. The summed E-state index contributed by atoms with van der Waals surface area (Å²) < 4.78 is 6.21. The van der Waals surface area contributed by atoms with Gasteiger partial charge in [0.15, 0.2) is 0 Å². The molecule has 0 fully saturated rings.